The van der Waals surface area contributed by atoms with Gasteiger partial charge in [-0.3, -0.25) is 4.79 Å². The normalized spacial score (nSPS) is 17.7. The van der Waals surface area contributed by atoms with Crippen molar-refractivity contribution in [3.63, 3.8) is 0 Å². The Kier molecular flexibility index (Phi) is 5.13. The Morgan fingerprint density at radius 2 is 2.09 bits per heavy atom. The van der Waals surface area contributed by atoms with Crippen LogP contribution in [0.3, 0.4) is 0 Å². The summed E-state index contributed by atoms with van der Waals surface area (Å²) in [5, 5.41) is 12.8. The van der Waals surface area contributed by atoms with Crippen molar-refractivity contribution in [2.75, 3.05) is 6.61 Å². The van der Waals surface area contributed by atoms with Crippen LogP contribution in [-0.2, 0) is 9.53 Å². The lowest BCUT2D eigenvalue weighted by atomic mass is 10.0. The molecule has 2 rings (SSSR count). The molecule has 4 nitrogen and oxygen atoms in total. The van der Waals surface area contributed by atoms with Crippen LogP contribution in [0.2, 0.25) is 0 Å². The van der Waals surface area contributed by atoms with E-state index in [1.54, 1.807) is 13.8 Å². The van der Waals surface area contributed by atoms with Gasteiger partial charge in [0.2, 0.25) is 0 Å². The number of hydrogen-bond donors (Lipinski definition) is 2. The molecule has 2 N–H and O–H groups in total. The summed E-state index contributed by atoms with van der Waals surface area (Å²) in [6.45, 7) is 3.92. The first kappa shape index (κ1) is 16.4. The standard InChI is InChI=1S/C16H19F2NO3/c1-9(15(20)11-5-6-13(17)14(18)8-11)19-16(21)12-4-3-7-22-10(12)2/h5-6,8-9,15,20H,3-4,7H2,1-2H3,(H,19,21). The number of allylic oxidation sites excluding steroid dienone is 1. The summed E-state index contributed by atoms with van der Waals surface area (Å²) in [5.74, 6) is -1.74. The Bertz CT molecular complexity index is 601. The van der Waals surface area contributed by atoms with Gasteiger partial charge in [-0.2, -0.15) is 0 Å². The number of carbonyl (C=O) groups excluding carboxylic acids is 1. The van der Waals surface area contributed by atoms with Crippen molar-refractivity contribution in [3.8, 4) is 0 Å². The molecule has 0 saturated heterocycles. The highest BCUT2D eigenvalue weighted by Gasteiger charge is 2.23. The Hall–Kier alpha value is -1.95. The zero-order valence-electron chi connectivity index (χ0n) is 12.5. The fourth-order valence-corrected chi connectivity index (χ4v) is 2.37. The monoisotopic (exact) mass is 311 g/mol. The van der Waals surface area contributed by atoms with Crippen molar-refractivity contribution in [2.45, 2.75) is 38.8 Å². The predicted molar refractivity (Wildman–Crippen MR) is 76.8 cm³/mol. The molecule has 0 aromatic heterocycles. The third-order valence-electron chi connectivity index (χ3n) is 3.71. The maximum atomic E-state index is 13.2. The van der Waals surface area contributed by atoms with Crippen LogP contribution >= 0.6 is 0 Å². The Labute approximate surface area is 127 Å². The van der Waals surface area contributed by atoms with Gasteiger partial charge >= 0.3 is 0 Å². The van der Waals surface area contributed by atoms with Crippen molar-refractivity contribution in [2.24, 2.45) is 0 Å². The van der Waals surface area contributed by atoms with Crippen molar-refractivity contribution in [1.29, 1.82) is 0 Å². The van der Waals surface area contributed by atoms with E-state index in [-0.39, 0.29) is 11.5 Å². The topological polar surface area (TPSA) is 58.6 Å². The highest BCUT2D eigenvalue weighted by atomic mass is 19.2. The molecule has 0 aliphatic carbocycles. The zero-order valence-corrected chi connectivity index (χ0v) is 12.5. The quantitative estimate of drug-likeness (QED) is 0.898. The van der Waals surface area contributed by atoms with Crippen molar-refractivity contribution >= 4 is 5.91 Å². The molecule has 22 heavy (non-hydrogen) atoms. The van der Waals surface area contributed by atoms with Crippen LogP contribution in [0.15, 0.2) is 29.5 Å². The number of aliphatic hydroxyl groups is 1. The SMILES string of the molecule is CC1=C(C(=O)NC(C)C(O)c2ccc(F)c(F)c2)CCCO1. The summed E-state index contributed by atoms with van der Waals surface area (Å²) in [6, 6.07) is 2.51. The molecule has 1 aromatic carbocycles. The van der Waals surface area contributed by atoms with E-state index in [4.69, 9.17) is 4.74 Å². The van der Waals surface area contributed by atoms with Crippen LogP contribution in [-0.4, -0.2) is 23.7 Å². The summed E-state index contributed by atoms with van der Waals surface area (Å²) in [4.78, 5) is 12.2. The second kappa shape index (κ2) is 6.87. The summed E-state index contributed by atoms with van der Waals surface area (Å²) >= 11 is 0. The number of carbonyl (C=O) groups is 1. The number of nitrogens with one attached hydrogen (secondary N) is 1. The minimum atomic E-state index is -1.13. The van der Waals surface area contributed by atoms with E-state index in [0.717, 1.165) is 18.6 Å². The van der Waals surface area contributed by atoms with Gasteiger partial charge in [-0.1, -0.05) is 6.07 Å². The Balaban J connectivity index is 2.06. The Morgan fingerprint density at radius 1 is 1.36 bits per heavy atom. The third-order valence-corrected chi connectivity index (χ3v) is 3.71. The number of halogens is 2. The minimum absolute atomic E-state index is 0.206. The number of ether oxygens (including phenoxy) is 1. The van der Waals surface area contributed by atoms with E-state index in [1.165, 1.54) is 6.07 Å². The second-order valence-corrected chi connectivity index (χ2v) is 5.37. The lowest BCUT2D eigenvalue weighted by Gasteiger charge is -2.23. The van der Waals surface area contributed by atoms with Crippen LogP contribution in [0.5, 0.6) is 0 Å². The molecule has 120 valence electrons. The molecule has 0 fully saturated rings. The molecule has 6 heteroatoms. The zero-order chi connectivity index (χ0) is 16.3. The first-order valence-electron chi connectivity index (χ1n) is 7.16. The average Bonchev–Trinajstić information content (AvgIpc) is 2.49. The maximum Gasteiger partial charge on any atom is 0.250 e. The van der Waals surface area contributed by atoms with Gasteiger partial charge in [0.1, 0.15) is 5.76 Å². The highest BCUT2D eigenvalue weighted by Crippen LogP contribution is 2.22. The molecular weight excluding hydrogens is 292 g/mol. The summed E-state index contributed by atoms with van der Waals surface area (Å²) in [6.07, 6.45) is 0.246. The van der Waals surface area contributed by atoms with Gasteiger partial charge in [-0.05, 0) is 44.4 Å². The number of rotatable bonds is 4. The summed E-state index contributed by atoms with van der Waals surface area (Å²) < 4.78 is 31.5. The fourth-order valence-electron chi connectivity index (χ4n) is 2.37. The second-order valence-electron chi connectivity index (χ2n) is 5.37. The van der Waals surface area contributed by atoms with Gasteiger partial charge in [0.25, 0.3) is 5.91 Å². The highest BCUT2D eigenvalue weighted by molar-refractivity contribution is 5.94. The van der Waals surface area contributed by atoms with Crippen LogP contribution in [0.1, 0.15) is 38.4 Å². The van der Waals surface area contributed by atoms with E-state index in [0.29, 0.717) is 24.4 Å². The molecule has 0 radical (unpaired) electrons. The maximum absolute atomic E-state index is 13.2. The Morgan fingerprint density at radius 3 is 2.73 bits per heavy atom. The van der Waals surface area contributed by atoms with Gasteiger partial charge < -0.3 is 15.2 Å². The van der Waals surface area contributed by atoms with Crippen LogP contribution in [0.25, 0.3) is 0 Å². The largest absolute Gasteiger partial charge is 0.498 e. The summed E-state index contributed by atoms with van der Waals surface area (Å²) in [5.41, 5.74) is 0.757. The molecule has 1 aromatic rings. The number of benzene rings is 1. The van der Waals surface area contributed by atoms with Gasteiger partial charge in [0.15, 0.2) is 11.6 Å². The molecular formula is C16H19F2NO3. The van der Waals surface area contributed by atoms with E-state index in [2.05, 4.69) is 5.32 Å². The number of hydrogen-bond acceptors (Lipinski definition) is 3. The van der Waals surface area contributed by atoms with Crippen molar-refractivity contribution in [3.05, 3.63) is 46.7 Å². The van der Waals surface area contributed by atoms with E-state index in [1.807, 2.05) is 0 Å². The van der Waals surface area contributed by atoms with Crippen molar-refractivity contribution < 1.29 is 23.4 Å². The number of amides is 1. The molecule has 2 atom stereocenters. The first-order chi connectivity index (χ1) is 10.4. The third kappa shape index (κ3) is 3.62. The van der Waals surface area contributed by atoms with E-state index in [9.17, 15) is 18.7 Å². The van der Waals surface area contributed by atoms with Crippen LogP contribution in [0.4, 0.5) is 8.78 Å². The molecule has 2 unspecified atom stereocenters. The summed E-state index contributed by atoms with van der Waals surface area (Å²) in [7, 11) is 0. The molecule has 1 heterocycles. The molecule has 1 aliphatic heterocycles. The van der Waals surface area contributed by atoms with E-state index >= 15 is 0 Å². The molecule has 0 spiro atoms. The average molecular weight is 311 g/mol. The van der Waals surface area contributed by atoms with Gasteiger partial charge in [0.05, 0.1) is 24.3 Å². The molecule has 1 aliphatic rings. The van der Waals surface area contributed by atoms with Crippen LogP contribution < -0.4 is 5.32 Å². The van der Waals surface area contributed by atoms with Gasteiger partial charge in [0, 0.05) is 0 Å². The lowest BCUT2D eigenvalue weighted by Crippen LogP contribution is -2.38. The molecule has 0 bridgehead atoms. The van der Waals surface area contributed by atoms with Crippen molar-refractivity contribution in [1.82, 2.24) is 5.32 Å². The van der Waals surface area contributed by atoms with Crippen LogP contribution in [0, 0.1) is 11.6 Å². The molecule has 0 saturated carbocycles. The smallest absolute Gasteiger partial charge is 0.250 e. The number of aliphatic hydroxyl groups excluding tert-OH is 1. The fraction of sp³-hybridized carbons (Fsp3) is 0.438. The lowest BCUT2D eigenvalue weighted by molar-refractivity contribution is -0.119. The minimum Gasteiger partial charge on any atom is -0.498 e. The van der Waals surface area contributed by atoms with E-state index < -0.39 is 23.8 Å². The van der Waals surface area contributed by atoms with Gasteiger partial charge in [-0.25, -0.2) is 8.78 Å². The first-order valence-corrected chi connectivity index (χ1v) is 7.16. The molecule has 1 amide bonds. The predicted octanol–water partition coefficient (Wildman–Crippen LogP) is 2.59. The van der Waals surface area contributed by atoms with Gasteiger partial charge in [-0.15, -0.1) is 0 Å².